The lowest BCUT2D eigenvalue weighted by Crippen LogP contribution is -2.35. The summed E-state index contributed by atoms with van der Waals surface area (Å²) < 4.78 is 5.14. The van der Waals surface area contributed by atoms with Gasteiger partial charge in [0.25, 0.3) is 5.69 Å². The molecule has 0 saturated heterocycles. The molecule has 0 heterocycles. The van der Waals surface area contributed by atoms with Gasteiger partial charge in [-0.25, -0.2) is 0 Å². The largest absolute Gasteiger partial charge is 0.495 e. The number of benzene rings is 1. The van der Waals surface area contributed by atoms with Crippen molar-refractivity contribution in [1.82, 2.24) is 5.32 Å². The van der Waals surface area contributed by atoms with Gasteiger partial charge in [-0.15, -0.1) is 0 Å². The maximum Gasteiger partial charge on any atom is 0.271 e. The first-order valence-electron chi connectivity index (χ1n) is 7.43. The normalized spacial score (nSPS) is 14.3. The third-order valence-electron chi connectivity index (χ3n) is 3.84. The second-order valence-electron chi connectivity index (χ2n) is 5.50. The fraction of sp³-hybridized carbons (Fsp3) is 0.467. The summed E-state index contributed by atoms with van der Waals surface area (Å²) >= 11 is 5.10. The molecule has 1 saturated carbocycles. The Hall–Kier alpha value is -2.22. The number of nitro groups is 1. The summed E-state index contributed by atoms with van der Waals surface area (Å²) in [6, 6.07) is 4.13. The van der Waals surface area contributed by atoms with E-state index in [1.54, 1.807) is 0 Å². The van der Waals surface area contributed by atoms with Gasteiger partial charge in [-0.1, -0.05) is 12.8 Å². The van der Waals surface area contributed by atoms with Gasteiger partial charge < -0.3 is 15.4 Å². The van der Waals surface area contributed by atoms with Crippen molar-refractivity contribution in [2.24, 2.45) is 5.92 Å². The molecule has 23 heavy (non-hydrogen) atoms. The SMILES string of the molecule is COc1ccc([N+](=O)[O-])cc1NC(=S)NC(=O)CC1CCCC1. The number of carbonyl (C=O) groups excluding carboxylic acids is 1. The summed E-state index contributed by atoms with van der Waals surface area (Å²) in [7, 11) is 1.45. The van der Waals surface area contributed by atoms with Crippen LogP contribution >= 0.6 is 12.2 Å². The lowest BCUT2D eigenvalue weighted by molar-refractivity contribution is -0.384. The molecular formula is C15H19N3O4S. The maximum absolute atomic E-state index is 12.0. The zero-order valence-electron chi connectivity index (χ0n) is 12.8. The number of rotatable bonds is 5. The van der Waals surface area contributed by atoms with Crippen LogP contribution in [0, 0.1) is 16.0 Å². The first-order chi connectivity index (χ1) is 11.0. The highest BCUT2D eigenvalue weighted by Crippen LogP contribution is 2.29. The van der Waals surface area contributed by atoms with Gasteiger partial charge in [0.2, 0.25) is 5.91 Å². The van der Waals surface area contributed by atoms with Crippen LogP contribution in [0.4, 0.5) is 11.4 Å². The highest BCUT2D eigenvalue weighted by atomic mass is 32.1. The molecule has 1 amide bonds. The number of amides is 1. The summed E-state index contributed by atoms with van der Waals surface area (Å²) in [5, 5.41) is 16.3. The minimum Gasteiger partial charge on any atom is -0.495 e. The van der Waals surface area contributed by atoms with Crippen LogP contribution in [-0.2, 0) is 4.79 Å². The predicted octanol–water partition coefficient (Wildman–Crippen LogP) is 3.00. The minimum absolute atomic E-state index is 0.0895. The molecule has 2 rings (SSSR count). The molecule has 0 bridgehead atoms. The van der Waals surface area contributed by atoms with Crippen LogP contribution in [0.5, 0.6) is 5.75 Å². The van der Waals surface area contributed by atoms with E-state index in [2.05, 4.69) is 10.6 Å². The number of ether oxygens (including phenoxy) is 1. The van der Waals surface area contributed by atoms with E-state index in [-0.39, 0.29) is 16.7 Å². The van der Waals surface area contributed by atoms with Crippen molar-refractivity contribution in [3.63, 3.8) is 0 Å². The topological polar surface area (TPSA) is 93.5 Å². The highest BCUT2D eigenvalue weighted by molar-refractivity contribution is 7.80. The lowest BCUT2D eigenvalue weighted by Gasteiger charge is -2.14. The van der Waals surface area contributed by atoms with Crippen LogP contribution in [-0.4, -0.2) is 23.1 Å². The molecule has 0 unspecified atom stereocenters. The van der Waals surface area contributed by atoms with Crippen LogP contribution in [0.1, 0.15) is 32.1 Å². The van der Waals surface area contributed by atoms with E-state index < -0.39 is 4.92 Å². The average Bonchev–Trinajstić information content (AvgIpc) is 2.99. The second-order valence-corrected chi connectivity index (χ2v) is 5.91. The number of non-ortho nitro benzene ring substituents is 1. The molecular weight excluding hydrogens is 318 g/mol. The van der Waals surface area contributed by atoms with Gasteiger partial charge in [0.1, 0.15) is 5.75 Å². The zero-order valence-corrected chi connectivity index (χ0v) is 13.6. The second kappa shape index (κ2) is 7.87. The smallest absolute Gasteiger partial charge is 0.271 e. The van der Waals surface area contributed by atoms with Crippen molar-refractivity contribution in [1.29, 1.82) is 0 Å². The van der Waals surface area contributed by atoms with Crippen LogP contribution in [0.25, 0.3) is 0 Å². The van der Waals surface area contributed by atoms with Crippen LogP contribution in [0.15, 0.2) is 18.2 Å². The standard InChI is InChI=1S/C15H19N3O4S/c1-22-13-7-6-11(18(20)21)9-12(13)16-15(23)17-14(19)8-10-4-2-3-5-10/h6-7,9-10H,2-5,8H2,1H3,(H2,16,17,19,23). The van der Waals surface area contributed by atoms with Gasteiger partial charge in [-0.3, -0.25) is 14.9 Å². The Labute approximate surface area is 139 Å². The van der Waals surface area contributed by atoms with E-state index in [0.717, 1.165) is 12.8 Å². The fourth-order valence-electron chi connectivity index (χ4n) is 2.72. The molecule has 0 aromatic heterocycles. The van der Waals surface area contributed by atoms with Gasteiger partial charge in [0, 0.05) is 18.6 Å². The third-order valence-corrected chi connectivity index (χ3v) is 4.05. The summed E-state index contributed by atoms with van der Waals surface area (Å²) in [4.78, 5) is 22.3. The number of nitrogens with zero attached hydrogens (tertiary/aromatic N) is 1. The molecule has 8 heteroatoms. The molecule has 0 aliphatic heterocycles. The number of methoxy groups -OCH3 is 1. The molecule has 1 aromatic rings. The number of anilines is 1. The quantitative estimate of drug-likeness (QED) is 0.487. The monoisotopic (exact) mass is 337 g/mol. The number of hydrogen-bond acceptors (Lipinski definition) is 5. The molecule has 1 aliphatic carbocycles. The molecule has 7 nitrogen and oxygen atoms in total. The van der Waals surface area contributed by atoms with Gasteiger partial charge in [-0.2, -0.15) is 0 Å². The average molecular weight is 337 g/mol. The Balaban J connectivity index is 1.97. The number of hydrogen-bond donors (Lipinski definition) is 2. The van der Waals surface area contributed by atoms with Crippen molar-refractivity contribution in [3.8, 4) is 5.75 Å². The number of nitrogens with one attached hydrogen (secondary N) is 2. The molecule has 124 valence electrons. The van der Waals surface area contributed by atoms with Crippen molar-refractivity contribution in [3.05, 3.63) is 28.3 Å². The first kappa shape index (κ1) is 17.1. The maximum atomic E-state index is 12.0. The summed E-state index contributed by atoms with van der Waals surface area (Å²) in [5.74, 6) is 0.687. The zero-order chi connectivity index (χ0) is 16.8. The Morgan fingerprint density at radius 2 is 2.13 bits per heavy atom. The van der Waals surface area contributed by atoms with Crippen LogP contribution in [0.3, 0.4) is 0 Å². The summed E-state index contributed by atoms with van der Waals surface area (Å²) in [5.41, 5.74) is 0.251. The van der Waals surface area contributed by atoms with E-state index in [1.165, 1.54) is 38.2 Å². The molecule has 1 aromatic carbocycles. The summed E-state index contributed by atoms with van der Waals surface area (Å²) in [6.45, 7) is 0. The molecule has 2 N–H and O–H groups in total. The highest BCUT2D eigenvalue weighted by Gasteiger charge is 2.19. The summed E-state index contributed by atoms with van der Waals surface area (Å²) in [6.07, 6.45) is 4.95. The Bertz CT molecular complexity index is 615. The van der Waals surface area contributed by atoms with E-state index in [4.69, 9.17) is 17.0 Å². The van der Waals surface area contributed by atoms with Crippen molar-refractivity contribution < 1.29 is 14.5 Å². The van der Waals surface area contributed by atoms with Gasteiger partial charge in [-0.05, 0) is 37.0 Å². The van der Waals surface area contributed by atoms with Gasteiger partial charge >= 0.3 is 0 Å². The lowest BCUT2D eigenvalue weighted by atomic mass is 10.0. The van der Waals surface area contributed by atoms with Gasteiger partial charge in [0.05, 0.1) is 17.7 Å². The van der Waals surface area contributed by atoms with E-state index in [0.29, 0.717) is 23.8 Å². The van der Waals surface area contributed by atoms with Crippen molar-refractivity contribution in [2.45, 2.75) is 32.1 Å². The molecule has 1 fully saturated rings. The van der Waals surface area contributed by atoms with E-state index >= 15 is 0 Å². The molecule has 0 spiro atoms. The molecule has 0 atom stereocenters. The molecule has 1 aliphatic rings. The third kappa shape index (κ3) is 4.88. The first-order valence-corrected chi connectivity index (χ1v) is 7.83. The Kier molecular flexibility index (Phi) is 5.86. The number of nitro benzene ring substituents is 1. The Morgan fingerprint density at radius 1 is 1.43 bits per heavy atom. The van der Waals surface area contributed by atoms with Crippen molar-refractivity contribution in [2.75, 3.05) is 12.4 Å². The number of thiocarbonyl (C=S) groups is 1. The van der Waals surface area contributed by atoms with Crippen LogP contribution in [0.2, 0.25) is 0 Å². The predicted molar refractivity (Wildman–Crippen MR) is 90.6 cm³/mol. The minimum atomic E-state index is -0.508. The van der Waals surface area contributed by atoms with Gasteiger partial charge in [0.15, 0.2) is 5.11 Å². The van der Waals surface area contributed by atoms with E-state index in [1.807, 2.05) is 0 Å². The Morgan fingerprint density at radius 3 is 2.74 bits per heavy atom. The molecule has 0 radical (unpaired) electrons. The van der Waals surface area contributed by atoms with E-state index in [9.17, 15) is 14.9 Å². The van der Waals surface area contributed by atoms with Crippen LogP contribution < -0.4 is 15.4 Å². The number of carbonyl (C=O) groups is 1. The van der Waals surface area contributed by atoms with Crippen molar-refractivity contribution >= 4 is 34.6 Å². The fourth-order valence-corrected chi connectivity index (χ4v) is 2.94.